The number of carbonyl (C=O) groups is 1. The fraction of sp³-hybridized carbons (Fsp3) is 0.909. The molecular weight excluding hydrogens is 272 g/mol. The molecule has 0 aliphatic carbocycles. The van der Waals surface area contributed by atoms with Gasteiger partial charge in [0.2, 0.25) is 5.91 Å². The van der Waals surface area contributed by atoms with Gasteiger partial charge in [-0.15, -0.1) is 0 Å². The van der Waals surface area contributed by atoms with Crippen molar-refractivity contribution in [2.45, 2.75) is 45.2 Å². The van der Waals surface area contributed by atoms with Gasteiger partial charge in [0.15, 0.2) is 0 Å². The smallest absolute Gasteiger partial charge is 0.230 e. The van der Waals surface area contributed by atoms with Gasteiger partial charge in [-0.05, 0) is 40.0 Å². The standard InChI is InChI=1S/C11H20BrN2O2/c1-10(2)5-8(7-13-9(15)6-12)11(3,4)14(10)16/h8H,5-7H2,1-4H3,(H,13,15)/q-1. The normalized spacial score (nSPS) is 28.0. The van der Waals surface area contributed by atoms with E-state index < -0.39 is 5.54 Å². The van der Waals surface area contributed by atoms with Gasteiger partial charge in [-0.2, -0.15) is 0 Å². The van der Waals surface area contributed by atoms with Crippen LogP contribution in [0.15, 0.2) is 0 Å². The maximum absolute atomic E-state index is 12.1. The first kappa shape index (κ1) is 13.9. The minimum Gasteiger partial charge on any atom is -0.784 e. The van der Waals surface area contributed by atoms with E-state index in [4.69, 9.17) is 0 Å². The second-order valence-electron chi connectivity index (χ2n) is 5.60. The Kier molecular flexibility index (Phi) is 4.03. The summed E-state index contributed by atoms with van der Waals surface area (Å²) in [7, 11) is 0. The van der Waals surface area contributed by atoms with Gasteiger partial charge in [-0.3, -0.25) is 4.79 Å². The summed E-state index contributed by atoms with van der Waals surface area (Å²) in [5, 5.41) is 16.4. The average molecular weight is 292 g/mol. The largest absolute Gasteiger partial charge is 0.784 e. The van der Waals surface area contributed by atoms with Gasteiger partial charge in [-0.25, -0.2) is 0 Å². The first-order valence-electron chi connectivity index (χ1n) is 5.52. The molecule has 0 aromatic rings. The predicted octanol–water partition coefficient (Wildman–Crippen LogP) is 1.87. The maximum Gasteiger partial charge on any atom is 0.230 e. The summed E-state index contributed by atoms with van der Waals surface area (Å²) in [5.74, 6) is 0.168. The van der Waals surface area contributed by atoms with Crippen molar-refractivity contribution in [1.82, 2.24) is 10.4 Å². The lowest BCUT2D eigenvalue weighted by Crippen LogP contribution is -2.47. The zero-order chi connectivity index (χ0) is 12.6. The quantitative estimate of drug-likeness (QED) is 0.808. The first-order valence-corrected chi connectivity index (χ1v) is 6.64. The summed E-state index contributed by atoms with van der Waals surface area (Å²) in [6, 6.07) is 0. The summed E-state index contributed by atoms with van der Waals surface area (Å²) in [6.07, 6.45) is 0.812. The van der Waals surface area contributed by atoms with Crippen molar-refractivity contribution in [1.29, 1.82) is 0 Å². The van der Waals surface area contributed by atoms with E-state index in [1.807, 2.05) is 27.7 Å². The molecular formula is C11H20BrN2O2-. The van der Waals surface area contributed by atoms with Crippen molar-refractivity contribution in [3.05, 3.63) is 5.21 Å². The molecule has 1 saturated heterocycles. The average Bonchev–Trinajstić information content (AvgIpc) is 2.35. The minimum absolute atomic E-state index is 0.0297. The summed E-state index contributed by atoms with van der Waals surface area (Å²) in [5.41, 5.74) is -0.754. The van der Waals surface area contributed by atoms with Crippen molar-refractivity contribution in [3.63, 3.8) is 0 Å². The van der Waals surface area contributed by atoms with Gasteiger partial charge in [-0.1, -0.05) is 15.9 Å². The van der Waals surface area contributed by atoms with E-state index in [9.17, 15) is 10.0 Å². The molecule has 1 heterocycles. The van der Waals surface area contributed by atoms with Crippen LogP contribution in [0.5, 0.6) is 0 Å². The van der Waals surface area contributed by atoms with Crippen molar-refractivity contribution in [2.24, 2.45) is 5.92 Å². The van der Waals surface area contributed by atoms with Crippen LogP contribution in [0.25, 0.3) is 0 Å². The van der Waals surface area contributed by atoms with Crippen molar-refractivity contribution >= 4 is 21.8 Å². The van der Waals surface area contributed by atoms with E-state index in [1.54, 1.807) is 0 Å². The molecule has 1 fully saturated rings. The Morgan fingerprint density at radius 1 is 1.50 bits per heavy atom. The van der Waals surface area contributed by atoms with E-state index in [0.29, 0.717) is 11.9 Å². The highest BCUT2D eigenvalue weighted by Gasteiger charge is 2.46. The van der Waals surface area contributed by atoms with Crippen molar-refractivity contribution < 1.29 is 4.79 Å². The van der Waals surface area contributed by atoms with Crippen LogP contribution in [0.2, 0.25) is 0 Å². The van der Waals surface area contributed by atoms with Crippen molar-refractivity contribution in [3.8, 4) is 0 Å². The molecule has 1 unspecified atom stereocenters. The number of hydrogen-bond acceptors (Lipinski definition) is 3. The molecule has 16 heavy (non-hydrogen) atoms. The van der Waals surface area contributed by atoms with Crippen LogP contribution >= 0.6 is 15.9 Å². The number of nitrogens with one attached hydrogen (secondary N) is 1. The third-order valence-corrected chi connectivity index (χ3v) is 3.99. The molecule has 0 bridgehead atoms. The van der Waals surface area contributed by atoms with Gasteiger partial charge in [0.05, 0.1) is 5.33 Å². The third-order valence-electron chi connectivity index (χ3n) is 3.49. The van der Waals surface area contributed by atoms with Crippen LogP contribution < -0.4 is 5.32 Å². The van der Waals surface area contributed by atoms with Gasteiger partial charge < -0.3 is 15.6 Å². The molecule has 0 aromatic carbocycles. The summed E-state index contributed by atoms with van der Waals surface area (Å²) in [6.45, 7) is 8.36. The van der Waals surface area contributed by atoms with Gasteiger partial charge in [0, 0.05) is 17.6 Å². The van der Waals surface area contributed by atoms with E-state index >= 15 is 0 Å². The molecule has 4 nitrogen and oxygen atoms in total. The first-order chi connectivity index (χ1) is 7.21. The highest BCUT2D eigenvalue weighted by atomic mass is 79.9. The molecule has 1 aliphatic heterocycles. The van der Waals surface area contributed by atoms with Crippen molar-refractivity contribution in [2.75, 3.05) is 11.9 Å². The number of nitrogens with zero attached hydrogens (tertiary/aromatic N) is 1. The molecule has 0 radical (unpaired) electrons. The zero-order valence-electron chi connectivity index (χ0n) is 10.3. The topological polar surface area (TPSA) is 55.4 Å². The molecule has 5 heteroatoms. The SMILES string of the molecule is CC1(C)CC(CNC(=O)CBr)C(C)(C)N1[O-]. The summed E-state index contributed by atoms with van der Waals surface area (Å²) >= 11 is 3.10. The predicted molar refractivity (Wildman–Crippen MR) is 68.3 cm³/mol. The highest BCUT2D eigenvalue weighted by molar-refractivity contribution is 9.09. The number of halogens is 1. The Morgan fingerprint density at radius 2 is 2.06 bits per heavy atom. The van der Waals surface area contributed by atoms with Gasteiger partial charge >= 0.3 is 0 Å². The molecule has 1 amide bonds. The Morgan fingerprint density at radius 3 is 2.44 bits per heavy atom. The fourth-order valence-electron chi connectivity index (χ4n) is 2.49. The van der Waals surface area contributed by atoms with Crippen LogP contribution in [0.4, 0.5) is 0 Å². The number of hydrogen-bond donors (Lipinski definition) is 1. The minimum atomic E-state index is -0.414. The highest BCUT2D eigenvalue weighted by Crippen LogP contribution is 2.43. The van der Waals surface area contributed by atoms with Crippen LogP contribution in [0.3, 0.4) is 0 Å². The molecule has 1 rings (SSSR count). The lowest BCUT2D eigenvalue weighted by atomic mass is 9.87. The Balaban J connectivity index is 2.65. The number of amides is 1. The maximum atomic E-state index is 12.1. The number of alkyl halides is 1. The van der Waals surface area contributed by atoms with Crippen LogP contribution in [-0.4, -0.2) is 33.9 Å². The fourth-order valence-corrected chi connectivity index (χ4v) is 2.69. The van der Waals surface area contributed by atoms with E-state index in [2.05, 4.69) is 21.2 Å². The molecule has 0 aromatic heterocycles. The number of hydroxylamine groups is 2. The van der Waals surface area contributed by atoms with Gasteiger partial charge in [0.25, 0.3) is 0 Å². The Labute approximate surface area is 105 Å². The molecule has 1 N–H and O–H groups in total. The van der Waals surface area contributed by atoms with Crippen LogP contribution in [0, 0.1) is 11.1 Å². The second-order valence-corrected chi connectivity index (χ2v) is 6.16. The summed E-state index contributed by atoms with van der Waals surface area (Å²) < 4.78 is 0. The molecule has 1 atom stereocenters. The van der Waals surface area contributed by atoms with Gasteiger partial charge in [0.1, 0.15) is 0 Å². The molecule has 0 saturated carbocycles. The zero-order valence-corrected chi connectivity index (χ0v) is 11.9. The lowest BCUT2D eigenvalue weighted by molar-refractivity contribution is -0.118. The molecule has 94 valence electrons. The molecule has 1 aliphatic rings. The van der Waals surface area contributed by atoms with Crippen LogP contribution in [-0.2, 0) is 4.79 Å². The summed E-state index contributed by atoms with van der Waals surface area (Å²) in [4.78, 5) is 11.2. The number of rotatable bonds is 3. The molecule has 0 spiro atoms. The lowest BCUT2D eigenvalue weighted by Gasteiger charge is -2.47. The second kappa shape index (κ2) is 4.63. The number of carbonyl (C=O) groups excluding carboxylic acids is 1. The van der Waals surface area contributed by atoms with Crippen LogP contribution in [0.1, 0.15) is 34.1 Å². The Hall–Kier alpha value is -0.130. The van der Waals surface area contributed by atoms with E-state index in [1.165, 1.54) is 5.06 Å². The third kappa shape index (κ3) is 2.57. The van der Waals surface area contributed by atoms with E-state index in [0.717, 1.165) is 6.42 Å². The van der Waals surface area contributed by atoms with E-state index in [-0.39, 0.29) is 17.4 Å². The Bertz CT molecular complexity index is 279. The monoisotopic (exact) mass is 291 g/mol.